The van der Waals surface area contributed by atoms with Crippen molar-refractivity contribution in [2.24, 2.45) is 0 Å². The summed E-state index contributed by atoms with van der Waals surface area (Å²) in [5, 5.41) is 3.50. The van der Waals surface area contributed by atoms with E-state index in [2.05, 4.69) is 22.9 Å². The summed E-state index contributed by atoms with van der Waals surface area (Å²) in [6.45, 7) is 8.80. The van der Waals surface area contributed by atoms with Crippen LogP contribution in [-0.4, -0.2) is 57.0 Å². The Kier molecular flexibility index (Phi) is 6.12. The van der Waals surface area contributed by atoms with Crippen LogP contribution in [0.5, 0.6) is 11.5 Å². The van der Waals surface area contributed by atoms with Crippen LogP contribution in [0.4, 0.5) is 0 Å². The van der Waals surface area contributed by atoms with Crippen LogP contribution in [0.3, 0.4) is 0 Å². The van der Waals surface area contributed by atoms with Gasteiger partial charge in [0.15, 0.2) is 11.5 Å². The molecule has 3 rings (SSSR count). The Morgan fingerprint density at radius 3 is 3.00 bits per heavy atom. The molecule has 1 aromatic rings. The molecule has 0 aromatic heterocycles. The van der Waals surface area contributed by atoms with Gasteiger partial charge in [-0.3, -0.25) is 4.90 Å². The Balaban J connectivity index is 1.46. The van der Waals surface area contributed by atoms with E-state index in [1.54, 1.807) is 13.2 Å². The van der Waals surface area contributed by atoms with E-state index in [0.29, 0.717) is 6.61 Å². The van der Waals surface area contributed by atoms with Crippen molar-refractivity contribution in [3.63, 3.8) is 0 Å². The molecule has 1 atom stereocenters. The van der Waals surface area contributed by atoms with Crippen molar-refractivity contribution in [3.8, 4) is 11.5 Å². The second-order valence-electron chi connectivity index (χ2n) is 6.43. The molecule has 1 saturated carbocycles. The summed E-state index contributed by atoms with van der Waals surface area (Å²) in [4.78, 5) is 2.57. The lowest BCUT2D eigenvalue weighted by atomic mass is 10.2. The zero-order chi connectivity index (χ0) is 16.8. The average molecular weight is 332 g/mol. The summed E-state index contributed by atoms with van der Waals surface area (Å²) < 4.78 is 16.9. The van der Waals surface area contributed by atoms with Crippen LogP contribution in [0.15, 0.2) is 30.9 Å². The van der Waals surface area contributed by atoms with Gasteiger partial charge in [0, 0.05) is 32.2 Å². The van der Waals surface area contributed by atoms with Gasteiger partial charge in [0.25, 0.3) is 0 Å². The first-order valence-electron chi connectivity index (χ1n) is 8.77. The third-order valence-corrected chi connectivity index (χ3v) is 4.52. The number of hydrogen-bond acceptors (Lipinski definition) is 5. The molecule has 1 aromatic carbocycles. The lowest BCUT2D eigenvalue weighted by Gasteiger charge is -2.33. The molecule has 0 bridgehead atoms. The molecule has 0 spiro atoms. The lowest BCUT2D eigenvalue weighted by Crippen LogP contribution is -2.47. The number of hydrogen-bond donors (Lipinski definition) is 1. The zero-order valence-electron chi connectivity index (χ0n) is 14.5. The molecule has 1 aliphatic heterocycles. The fraction of sp³-hybridized carbons (Fsp3) is 0.579. The Bertz CT molecular complexity index is 545. The molecule has 1 saturated heterocycles. The van der Waals surface area contributed by atoms with E-state index < -0.39 is 0 Å². The van der Waals surface area contributed by atoms with Crippen molar-refractivity contribution < 1.29 is 14.2 Å². The molecule has 1 aliphatic carbocycles. The van der Waals surface area contributed by atoms with E-state index in [1.165, 1.54) is 18.4 Å². The quantitative estimate of drug-likeness (QED) is 0.703. The Labute approximate surface area is 144 Å². The molecule has 132 valence electrons. The number of nitrogens with one attached hydrogen (secondary N) is 1. The Morgan fingerprint density at radius 1 is 1.38 bits per heavy atom. The van der Waals surface area contributed by atoms with Crippen molar-refractivity contribution in [2.45, 2.75) is 31.5 Å². The Morgan fingerprint density at radius 2 is 2.25 bits per heavy atom. The fourth-order valence-corrected chi connectivity index (χ4v) is 3.10. The maximum absolute atomic E-state index is 5.87. The van der Waals surface area contributed by atoms with Crippen molar-refractivity contribution in [1.82, 2.24) is 10.2 Å². The lowest BCUT2D eigenvalue weighted by molar-refractivity contribution is -0.0301. The maximum atomic E-state index is 5.87. The summed E-state index contributed by atoms with van der Waals surface area (Å²) in [6, 6.07) is 6.85. The second kappa shape index (κ2) is 8.51. The minimum Gasteiger partial charge on any atom is -0.493 e. The second-order valence-corrected chi connectivity index (χ2v) is 6.43. The van der Waals surface area contributed by atoms with Crippen LogP contribution in [0.25, 0.3) is 0 Å². The van der Waals surface area contributed by atoms with Crippen LogP contribution < -0.4 is 14.8 Å². The van der Waals surface area contributed by atoms with Gasteiger partial charge >= 0.3 is 0 Å². The molecule has 0 amide bonds. The first-order chi connectivity index (χ1) is 11.8. The maximum Gasteiger partial charge on any atom is 0.161 e. The molecule has 2 fully saturated rings. The van der Waals surface area contributed by atoms with Crippen molar-refractivity contribution in [2.75, 3.05) is 40.0 Å². The predicted octanol–water partition coefficient (Wildman–Crippen LogP) is 2.21. The molecule has 5 heteroatoms. The molecular formula is C19H28N2O3. The van der Waals surface area contributed by atoms with E-state index in [-0.39, 0.29) is 6.10 Å². The van der Waals surface area contributed by atoms with E-state index in [4.69, 9.17) is 14.2 Å². The van der Waals surface area contributed by atoms with Crippen LogP contribution in [0.2, 0.25) is 0 Å². The number of methoxy groups -OCH3 is 1. The molecule has 2 aliphatic rings. The highest BCUT2D eigenvalue weighted by Crippen LogP contribution is 2.29. The molecule has 0 radical (unpaired) electrons. The molecule has 1 unspecified atom stereocenters. The number of rotatable bonds is 9. The summed E-state index contributed by atoms with van der Waals surface area (Å²) >= 11 is 0. The van der Waals surface area contributed by atoms with Gasteiger partial charge < -0.3 is 19.5 Å². The van der Waals surface area contributed by atoms with Crippen molar-refractivity contribution in [3.05, 3.63) is 36.4 Å². The van der Waals surface area contributed by atoms with Gasteiger partial charge in [0.05, 0.1) is 19.8 Å². The Hall–Kier alpha value is -1.56. The van der Waals surface area contributed by atoms with E-state index in [1.807, 2.05) is 12.1 Å². The van der Waals surface area contributed by atoms with Crippen LogP contribution >= 0.6 is 0 Å². The SMILES string of the molecule is C=CCOc1ccc(CNCC2CN(C3CC3)CCO2)cc1OC. The first-order valence-corrected chi connectivity index (χ1v) is 8.77. The average Bonchev–Trinajstić information content (AvgIpc) is 3.46. The highest BCUT2D eigenvalue weighted by molar-refractivity contribution is 5.43. The van der Waals surface area contributed by atoms with E-state index in [0.717, 1.165) is 50.3 Å². The standard InChI is InChI=1S/C19H28N2O3/c1-3-9-24-18-7-4-15(11-19(18)22-2)12-20-13-17-14-21(8-10-23-17)16-5-6-16/h3-4,7,11,16-17,20H,1,5-6,8-10,12-14H2,2H3. The first kappa shape index (κ1) is 17.3. The summed E-state index contributed by atoms with van der Waals surface area (Å²) in [5.74, 6) is 1.50. The summed E-state index contributed by atoms with van der Waals surface area (Å²) in [5.41, 5.74) is 1.17. The molecule has 5 nitrogen and oxygen atoms in total. The van der Waals surface area contributed by atoms with Gasteiger partial charge in [-0.25, -0.2) is 0 Å². The zero-order valence-corrected chi connectivity index (χ0v) is 14.5. The predicted molar refractivity (Wildman–Crippen MR) is 94.7 cm³/mol. The summed E-state index contributed by atoms with van der Waals surface area (Å²) in [6.07, 6.45) is 4.74. The minimum atomic E-state index is 0.288. The normalized spacial score (nSPS) is 21.5. The van der Waals surface area contributed by atoms with Crippen molar-refractivity contribution in [1.29, 1.82) is 0 Å². The number of morpholine rings is 1. The number of benzene rings is 1. The minimum absolute atomic E-state index is 0.288. The molecule has 1 heterocycles. The smallest absolute Gasteiger partial charge is 0.161 e. The molecule has 24 heavy (non-hydrogen) atoms. The van der Waals surface area contributed by atoms with E-state index >= 15 is 0 Å². The highest BCUT2D eigenvalue weighted by atomic mass is 16.5. The van der Waals surface area contributed by atoms with Gasteiger partial charge in [-0.2, -0.15) is 0 Å². The third kappa shape index (κ3) is 4.72. The number of ether oxygens (including phenoxy) is 3. The molecule has 1 N–H and O–H groups in total. The summed E-state index contributed by atoms with van der Waals surface area (Å²) in [7, 11) is 1.66. The van der Waals surface area contributed by atoms with Gasteiger partial charge in [-0.1, -0.05) is 18.7 Å². The number of nitrogens with zero attached hydrogens (tertiary/aromatic N) is 1. The van der Waals surface area contributed by atoms with Gasteiger partial charge in [-0.15, -0.1) is 0 Å². The van der Waals surface area contributed by atoms with Crippen molar-refractivity contribution >= 4 is 0 Å². The largest absolute Gasteiger partial charge is 0.493 e. The highest BCUT2D eigenvalue weighted by Gasteiger charge is 2.32. The van der Waals surface area contributed by atoms with Crippen LogP contribution in [0, 0.1) is 0 Å². The monoisotopic (exact) mass is 332 g/mol. The van der Waals surface area contributed by atoms with Crippen LogP contribution in [0.1, 0.15) is 18.4 Å². The van der Waals surface area contributed by atoms with Gasteiger partial charge in [-0.05, 0) is 30.5 Å². The van der Waals surface area contributed by atoms with Gasteiger partial charge in [0.1, 0.15) is 6.61 Å². The van der Waals surface area contributed by atoms with Crippen LogP contribution in [-0.2, 0) is 11.3 Å². The van der Waals surface area contributed by atoms with Gasteiger partial charge in [0.2, 0.25) is 0 Å². The molecular weight excluding hydrogens is 304 g/mol. The van der Waals surface area contributed by atoms with E-state index in [9.17, 15) is 0 Å². The topological polar surface area (TPSA) is 43.0 Å². The third-order valence-electron chi connectivity index (χ3n) is 4.52. The fourth-order valence-electron chi connectivity index (χ4n) is 3.10.